The highest BCUT2D eigenvalue weighted by Crippen LogP contribution is 2.32. The number of nitrogens with zero attached hydrogens (tertiary/aromatic N) is 6. The SMILES string of the molecule is COC(=O)c1ccc2c(c1)[nH]c1nc(Cc3cnccn3)nc(N(N)CCCN3CCCCC3)c12. The minimum atomic E-state index is -0.390. The number of carbonyl (C=O) groups is 1. The maximum atomic E-state index is 12.0. The van der Waals surface area contributed by atoms with Crippen molar-refractivity contribution >= 4 is 33.7 Å². The molecule has 1 fully saturated rings. The first kappa shape index (κ1) is 23.1. The average molecular weight is 475 g/mol. The Labute approximate surface area is 203 Å². The van der Waals surface area contributed by atoms with Crippen molar-refractivity contribution in [3.63, 3.8) is 0 Å². The van der Waals surface area contributed by atoms with E-state index in [1.807, 2.05) is 6.07 Å². The molecule has 1 saturated heterocycles. The monoisotopic (exact) mass is 474 g/mol. The Balaban J connectivity index is 1.49. The van der Waals surface area contributed by atoms with Gasteiger partial charge in [-0.3, -0.25) is 15.0 Å². The molecule has 0 saturated carbocycles. The van der Waals surface area contributed by atoms with Gasteiger partial charge in [-0.05, 0) is 51.0 Å². The number of methoxy groups -OCH3 is 1. The number of piperidine rings is 1. The van der Waals surface area contributed by atoms with E-state index in [4.69, 9.17) is 20.5 Å². The van der Waals surface area contributed by atoms with Crippen LogP contribution in [0, 0.1) is 0 Å². The number of hydrogen-bond acceptors (Lipinski definition) is 9. The topological polar surface area (TPSA) is 126 Å². The molecular weight excluding hydrogens is 444 g/mol. The lowest BCUT2D eigenvalue weighted by atomic mass is 10.1. The molecule has 10 heteroatoms. The third-order valence-electron chi connectivity index (χ3n) is 6.45. The number of benzene rings is 1. The Bertz CT molecular complexity index is 1320. The van der Waals surface area contributed by atoms with Gasteiger partial charge >= 0.3 is 5.97 Å². The Morgan fingerprint density at radius 2 is 2.06 bits per heavy atom. The van der Waals surface area contributed by atoms with Gasteiger partial charge in [-0.15, -0.1) is 0 Å². The zero-order valence-electron chi connectivity index (χ0n) is 19.9. The number of fused-ring (bicyclic) bond motifs is 3. The van der Waals surface area contributed by atoms with Crippen LogP contribution in [0.4, 0.5) is 5.82 Å². The van der Waals surface area contributed by atoms with Gasteiger partial charge < -0.3 is 14.6 Å². The van der Waals surface area contributed by atoms with E-state index in [-0.39, 0.29) is 0 Å². The summed E-state index contributed by atoms with van der Waals surface area (Å²) in [5.74, 6) is 7.46. The number of hydrazine groups is 1. The normalized spacial score (nSPS) is 14.5. The van der Waals surface area contributed by atoms with E-state index in [2.05, 4.69) is 19.9 Å². The van der Waals surface area contributed by atoms with Crippen LogP contribution >= 0.6 is 0 Å². The number of nitrogens with one attached hydrogen (secondary N) is 1. The van der Waals surface area contributed by atoms with Crippen molar-refractivity contribution in [2.75, 3.05) is 38.3 Å². The smallest absolute Gasteiger partial charge is 0.337 e. The van der Waals surface area contributed by atoms with Crippen LogP contribution in [0.25, 0.3) is 21.9 Å². The molecule has 182 valence electrons. The molecule has 3 N–H and O–H groups in total. The number of nitrogens with two attached hydrogens (primary N) is 1. The highest BCUT2D eigenvalue weighted by molar-refractivity contribution is 6.12. The van der Waals surface area contributed by atoms with Crippen LogP contribution < -0.4 is 10.9 Å². The summed E-state index contributed by atoms with van der Waals surface area (Å²) >= 11 is 0. The van der Waals surface area contributed by atoms with Crippen molar-refractivity contribution in [2.45, 2.75) is 32.1 Å². The number of H-pyrrole nitrogens is 1. The third kappa shape index (κ3) is 5.08. The standard InChI is InChI=1S/C25H30N8O2/c1-35-25(34)17-6-7-19-20(14-17)29-23-22(19)24(31-21(30-23)15-18-16-27-8-9-28-18)33(26)13-5-12-32-10-3-2-4-11-32/h6-9,14,16H,2-5,10-13,15,26H2,1H3,(H,29,30,31). The van der Waals surface area contributed by atoms with Crippen molar-refractivity contribution in [3.8, 4) is 0 Å². The Hall–Kier alpha value is -3.63. The van der Waals surface area contributed by atoms with Gasteiger partial charge in [0.05, 0.1) is 30.2 Å². The van der Waals surface area contributed by atoms with Crippen LogP contribution in [0.15, 0.2) is 36.8 Å². The van der Waals surface area contributed by atoms with Crippen molar-refractivity contribution in [2.24, 2.45) is 5.84 Å². The molecule has 1 aromatic carbocycles. The molecule has 0 radical (unpaired) electrons. The minimum Gasteiger partial charge on any atom is -0.465 e. The van der Waals surface area contributed by atoms with Crippen molar-refractivity contribution < 1.29 is 9.53 Å². The summed E-state index contributed by atoms with van der Waals surface area (Å²) in [5.41, 5.74) is 2.68. The molecule has 3 aromatic heterocycles. The minimum absolute atomic E-state index is 0.390. The van der Waals surface area contributed by atoms with E-state index in [9.17, 15) is 4.79 Å². The number of carbonyl (C=O) groups excluding carboxylic acids is 1. The Morgan fingerprint density at radius 3 is 2.83 bits per heavy atom. The number of ether oxygens (including phenoxy) is 1. The zero-order chi connectivity index (χ0) is 24.2. The number of hydrogen-bond donors (Lipinski definition) is 2. The summed E-state index contributed by atoms with van der Waals surface area (Å²) < 4.78 is 4.88. The van der Waals surface area contributed by atoms with Crippen molar-refractivity contribution in [1.29, 1.82) is 0 Å². The molecule has 1 aliphatic heterocycles. The third-order valence-corrected chi connectivity index (χ3v) is 6.45. The molecule has 0 unspecified atom stereocenters. The second-order valence-electron chi connectivity index (χ2n) is 8.89. The van der Waals surface area contributed by atoms with E-state index in [1.165, 1.54) is 26.4 Å². The molecule has 5 rings (SSSR count). The molecule has 1 aliphatic rings. The van der Waals surface area contributed by atoms with Crippen LogP contribution in [-0.4, -0.2) is 69.1 Å². The second kappa shape index (κ2) is 10.3. The number of anilines is 1. The summed E-state index contributed by atoms with van der Waals surface area (Å²) in [4.78, 5) is 36.0. The van der Waals surface area contributed by atoms with Crippen molar-refractivity contribution in [1.82, 2.24) is 29.8 Å². The molecule has 0 aliphatic carbocycles. The van der Waals surface area contributed by atoms with Gasteiger partial charge in [0, 0.05) is 36.0 Å². The lowest BCUT2D eigenvalue weighted by molar-refractivity contribution is 0.0601. The molecule has 4 heterocycles. The summed E-state index contributed by atoms with van der Waals surface area (Å²) in [7, 11) is 1.37. The molecule has 35 heavy (non-hydrogen) atoms. The first-order chi connectivity index (χ1) is 17.1. The zero-order valence-corrected chi connectivity index (χ0v) is 19.9. The average Bonchev–Trinajstić information content (AvgIpc) is 3.26. The van der Waals surface area contributed by atoms with Gasteiger partial charge in [0.1, 0.15) is 11.5 Å². The van der Waals surface area contributed by atoms with Gasteiger partial charge in [-0.2, -0.15) is 0 Å². The van der Waals surface area contributed by atoms with E-state index in [1.54, 1.807) is 35.7 Å². The molecule has 10 nitrogen and oxygen atoms in total. The summed E-state index contributed by atoms with van der Waals surface area (Å²) in [6.07, 6.45) is 10.2. The van der Waals surface area contributed by atoms with Crippen LogP contribution in [-0.2, 0) is 11.2 Å². The van der Waals surface area contributed by atoms with E-state index < -0.39 is 5.97 Å². The highest BCUT2D eigenvalue weighted by atomic mass is 16.5. The van der Waals surface area contributed by atoms with E-state index in [0.29, 0.717) is 35.8 Å². The van der Waals surface area contributed by atoms with E-state index in [0.717, 1.165) is 48.0 Å². The molecule has 0 amide bonds. The summed E-state index contributed by atoms with van der Waals surface area (Å²) in [5, 5.41) is 3.45. The van der Waals surface area contributed by atoms with Gasteiger partial charge in [-0.25, -0.2) is 20.6 Å². The van der Waals surface area contributed by atoms with Gasteiger partial charge in [0.25, 0.3) is 0 Å². The molecule has 0 bridgehead atoms. The first-order valence-electron chi connectivity index (χ1n) is 12.0. The second-order valence-corrected chi connectivity index (χ2v) is 8.89. The Morgan fingerprint density at radius 1 is 1.20 bits per heavy atom. The molecule has 0 atom stereocenters. The van der Waals surface area contributed by atoms with Gasteiger partial charge in [-0.1, -0.05) is 12.5 Å². The number of likely N-dealkylation sites (tertiary alicyclic amines) is 1. The number of aromatic amines is 1. The van der Waals surface area contributed by atoms with Crippen LogP contribution in [0.3, 0.4) is 0 Å². The lowest BCUT2D eigenvalue weighted by Gasteiger charge is -2.27. The molecular formula is C25H30N8O2. The van der Waals surface area contributed by atoms with Gasteiger partial charge in [0.15, 0.2) is 5.82 Å². The predicted octanol–water partition coefficient (Wildman–Crippen LogP) is 2.83. The fourth-order valence-corrected chi connectivity index (χ4v) is 4.69. The van der Waals surface area contributed by atoms with Crippen LogP contribution in [0.1, 0.15) is 47.6 Å². The number of esters is 1. The summed E-state index contributed by atoms with van der Waals surface area (Å²) in [6, 6.07) is 5.40. The Kier molecular flexibility index (Phi) is 6.82. The molecule has 0 spiro atoms. The van der Waals surface area contributed by atoms with Gasteiger partial charge in [0.2, 0.25) is 0 Å². The fraction of sp³-hybridized carbons (Fsp3) is 0.400. The first-order valence-corrected chi connectivity index (χ1v) is 12.0. The molecule has 4 aromatic rings. The van der Waals surface area contributed by atoms with Crippen LogP contribution in [0.2, 0.25) is 0 Å². The van der Waals surface area contributed by atoms with E-state index >= 15 is 0 Å². The van der Waals surface area contributed by atoms with Crippen LogP contribution in [0.5, 0.6) is 0 Å². The summed E-state index contributed by atoms with van der Waals surface area (Å²) in [6.45, 7) is 4.01. The number of rotatable bonds is 8. The number of aromatic nitrogens is 5. The van der Waals surface area contributed by atoms with Crippen molar-refractivity contribution in [3.05, 3.63) is 53.9 Å². The largest absolute Gasteiger partial charge is 0.465 e. The lowest BCUT2D eigenvalue weighted by Crippen LogP contribution is -2.37. The highest BCUT2D eigenvalue weighted by Gasteiger charge is 2.19. The quantitative estimate of drug-likeness (QED) is 0.225. The maximum Gasteiger partial charge on any atom is 0.337 e. The fourth-order valence-electron chi connectivity index (χ4n) is 4.69. The predicted molar refractivity (Wildman–Crippen MR) is 134 cm³/mol. The maximum absolute atomic E-state index is 12.0.